The molecule has 0 spiro atoms. The van der Waals surface area contributed by atoms with Crippen LogP contribution in [0.25, 0.3) is 0 Å². The third-order valence-corrected chi connectivity index (χ3v) is 15.8. The van der Waals surface area contributed by atoms with Crippen LogP contribution >= 0.6 is 0 Å². The molecule has 5 N–H and O–H groups in total. The van der Waals surface area contributed by atoms with Crippen LogP contribution in [0, 0.1) is 0 Å². The number of carbonyl (C=O) groups excluding carboxylic acids is 10. The summed E-state index contributed by atoms with van der Waals surface area (Å²) in [5.41, 5.74) is 5.46. The fourth-order valence-electron chi connectivity index (χ4n) is 8.74. The molecule has 10 atom stereocenters. The molecule has 23 heteroatoms. The maximum Gasteiger partial charge on any atom is 0.242 e. The first-order valence-electron chi connectivity index (χ1n) is 29.8. The predicted octanol–water partition coefficient (Wildman–Crippen LogP) is 3.30. The van der Waals surface area contributed by atoms with E-state index in [1.807, 2.05) is 76.2 Å². The lowest BCUT2D eigenvalue weighted by Gasteiger charge is -2.38. The van der Waals surface area contributed by atoms with Crippen molar-refractivity contribution in [2.75, 3.05) is 78.5 Å². The molecule has 0 aliphatic heterocycles. The van der Waals surface area contributed by atoms with Crippen LogP contribution in [0.4, 0.5) is 0 Å². The summed E-state index contributed by atoms with van der Waals surface area (Å²) in [6.45, 7) is 27.7. The van der Waals surface area contributed by atoms with Crippen molar-refractivity contribution in [3.63, 3.8) is 0 Å². The number of primary amides is 1. The number of nitrogens with zero attached hydrogens (tertiary/aromatic N) is 9. The van der Waals surface area contributed by atoms with Gasteiger partial charge in [0, 0.05) is 61.4 Å². The van der Waals surface area contributed by atoms with E-state index < -0.39 is 129 Å². The first kappa shape index (κ1) is 78.6. The Hall–Kier alpha value is -5.42. The highest BCUT2D eigenvalue weighted by atomic mass is 16.3. The van der Waals surface area contributed by atoms with E-state index in [1.165, 1.54) is 43.2 Å². The monoisotopic (exact) mass is 1170 g/mol. The Balaban J connectivity index is 0. The molecule has 10 amide bonds. The summed E-state index contributed by atoms with van der Waals surface area (Å²) in [6.07, 6.45) is 1.93. The van der Waals surface area contributed by atoms with Crippen LogP contribution in [0.3, 0.4) is 0 Å². The van der Waals surface area contributed by atoms with Crippen LogP contribution in [-0.4, -0.2) is 252 Å². The molecule has 10 unspecified atom stereocenters. The van der Waals surface area contributed by atoms with Gasteiger partial charge in [-0.25, -0.2) is 0 Å². The predicted molar refractivity (Wildman–Crippen MR) is 320 cm³/mol. The Bertz CT molecular complexity index is 2010. The van der Waals surface area contributed by atoms with Gasteiger partial charge in [0.25, 0.3) is 0 Å². The third-order valence-electron chi connectivity index (χ3n) is 15.8. The summed E-state index contributed by atoms with van der Waals surface area (Å²) in [4.78, 5) is 151. The third kappa shape index (κ3) is 26.4. The van der Waals surface area contributed by atoms with E-state index in [2.05, 4.69) is 5.32 Å². The van der Waals surface area contributed by atoms with E-state index in [1.54, 1.807) is 39.5 Å². The molecule has 0 heterocycles. The van der Waals surface area contributed by atoms with Crippen LogP contribution in [0.5, 0.6) is 0 Å². The number of hydrogen-bond donors (Lipinski definition) is 4. The highest BCUT2D eigenvalue weighted by Gasteiger charge is 2.36. The van der Waals surface area contributed by atoms with Crippen molar-refractivity contribution >= 4 is 59.1 Å². The zero-order valence-corrected chi connectivity index (χ0v) is 53.0. The lowest BCUT2D eigenvalue weighted by Crippen LogP contribution is -2.57. The second kappa shape index (κ2) is 40.0. The summed E-state index contributed by atoms with van der Waals surface area (Å²) in [5, 5.41) is 24.4. The Morgan fingerprint density at radius 1 is 0.329 bits per heavy atom. The van der Waals surface area contributed by atoms with E-state index in [9.17, 15) is 58.2 Å². The lowest BCUT2D eigenvalue weighted by atomic mass is 10.1. The van der Waals surface area contributed by atoms with Gasteiger partial charge in [-0.1, -0.05) is 62.8 Å². The normalized spacial score (nSPS) is 14.8. The van der Waals surface area contributed by atoms with Gasteiger partial charge in [0.15, 0.2) is 0 Å². The molecule has 0 rings (SSSR count). The standard InChI is InChI=1S/C58H109N11O12.CH4/c1-19-39(9)60-27-50(73)64(41(11)21-3)34-55(78)67(44(14)24-6)37-57(80)69(46(16)26-8)38-58(81)68(45(15)25-7)36-56(79)65(42(12)22-4)33-52(75)61(28-47(17)70)31-51(74)62(29-48(18)71)32-53(76)66(43(13)23-5)35-54(77)63(30-49(59)72)40(10)20-2;/h39-48,60,70-71H,19-38H2,1-18H3,(H2,59,72);1H4. The largest absolute Gasteiger partial charge is 0.392 e. The number of nitrogens with one attached hydrogen (secondary N) is 1. The minimum absolute atomic E-state index is 0. The van der Waals surface area contributed by atoms with Crippen LogP contribution < -0.4 is 11.1 Å². The smallest absolute Gasteiger partial charge is 0.242 e. The maximum absolute atomic E-state index is 14.6. The van der Waals surface area contributed by atoms with Gasteiger partial charge < -0.3 is 65.4 Å². The number of aliphatic hydroxyl groups excluding tert-OH is 2. The lowest BCUT2D eigenvalue weighted by molar-refractivity contribution is -0.152. The molecule has 0 fully saturated rings. The van der Waals surface area contributed by atoms with Crippen molar-refractivity contribution in [2.24, 2.45) is 5.73 Å². The summed E-state index contributed by atoms with van der Waals surface area (Å²) in [5.74, 6) is -5.58. The van der Waals surface area contributed by atoms with Crippen molar-refractivity contribution in [1.29, 1.82) is 0 Å². The van der Waals surface area contributed by atoms with Crippen LogP contribution in [0.15, 0.2) is 0 Å². The molecule has 23 nitrogen and oxygen atoms in total. The number of amides is 10. The topological polar surface area (TPSA) is 278 Å². The van der Waals surface area contributed by atoms with Crippen molar-refractivity contribution in [3.8, 4) is 0 Å². The van der Waals surface area contributed by atoms with Gasteiger partial charge in [-0.2, -0.15) is 0 Å². The number of hydrogen-bond acceptors (Lipinski definition) is 13. The van der Waals surface area contributed by atoms with Gasteiger partial charge in [0.1, 0.15) is 39.3 Å². The van der Waals surface area contributed by atoms with Gasteiger partial charge in [-0.15, -0.1) is 0 Å². The van der Waals surface area contributed by atoms with Gasteiger partial charge in [-0.3, -0.25) is 47.9 Å². The Morgan fingerprint density at radius 2 is 0.537 bits per heavy atom. The first-order chi connectivity index (χ1) is 37.8. The molecule has 0 aliphatic rings. The van der Waals surface area contributed by atoms with Crippen molar-refractivity contribution in [1.82, 2.24) is 49.4 Å². The molecule has 476 valence electrons. The second-order valence-electron chi connectivity index (χ2n) is 22.4. The highest BCUT2D eigenvalue weighted by Crippen LogP contribution is 2.17. The van der Waals surface area contributed by atoms with Crippen LogP contribution in [0.1, 0.15) is 183 Å². The summed E-state index contributed by atoms with van der Waals surface area (Å²) in [6, 6.07) is -2.89. The van der Waals surface area contributed by atoms with Crippen molar-refractivity contribution in [3.05, 3.63) is 0 Å². The summed E-state index contributed by atoms with van der Waals surface area (Å²) < 4.78 is 0. The molecule has 0 aromatic heterocycles. The van der Waals surface area contributed by atoms with E-state index >= 15 is 0 Å². The average molecular weight is 1170 g/mol. The van der Waals surface area contributed by atoms with E-state index in [-0.39, 0.29) is 76.8 Å². The SMILES string of the molecule is C.CCC(C)NCC(=O)N(CC(=O)N(CC(=O)N(CC(=O)N(CC(=O)N(CC(=O)N(CC(=O)N(CC(=O)N(CC(=O)N(CC(N)=O)C(C)CC)C(C)CC)CC(C)O)CC(C)O)C(C)CC)C(C)CC)C(C)CC)C(C)CC)C(C)CC. The minimum Gasteiger partial charge on any atom is -0.392 e. The first-order valence-corrected chi connectivity index (χ1v) is 29.8. The molecule has 0 radical (unpaired) electrons. The molecule has 0 aromatic carbocycles. The number of carbonyl (C=O) groups is 10. The van der Waals surface area contributed by atoms with E-state index in [4.69, 9.17) is 5.73 Å². The molecule has 0 bridgehead atoms. The van der Waals surface area contributed by atoms with Crippen LogP contribution in [0.2, 0.25) is 0 Å². The Kier molecular flexibility index (Phi) is 38.3. The Labute approximate surface area is 493 Å². The van der Waals surface area contributed by atoms with Gasteiger partial charge in [0.2, 0.25) is 59.1 Å². The van der Waals surface area contributed by atoms with Crippen molar-refractivity contribution in [2.45, 2.75) is 244 Å². The zero-order valence-electron chi connectivity index (χ0n) is 53.0. The number of rotatable bonds is 40. The van der Waals surface area contributed by atoms with E-state index in [0.29, 0.717) is 44.9 Å². The van der Waals surface area contributed by atoms with E-state index in [0.717, 1.165) is 16.2 Å². The van der Waals surface area contributed by atoms with Gasteiger partial charge >= 0.3 is 0 Å². The fraction of sp³-hybridized carbons (Fsp3) is 0.831. The molecular weight excluding hydrogens is 1050 g/mol. The Morgan fingerprint density at radius 3 is 0.768 bits per heavy atom. The van der Waals surface area contributed by atoms with Crippen molar-refractivity contribution < 1.29 is 58.2 Å². The molecule has 0 aliphatic carbocycles. The molecule has 0 saturated carbocycles. The number of nitrogens with two attached hydrogens (primary N) is 1. The summed E-state index contributed by atoms with van der Waals surface area (Å²) in [7, 11) is 0. The van der Waals surface area contributed by atoms with Gasteiger partial charge in [0.05, 0.1) is 38.4 Å². The summed E-state index contributed by atoms with van der Waals surface area (Å²) >= 11 is 0. The highest BCUT2D eigenvalue weighted by molar-refractivity contribution is 5.94. The molecule has 0 saturated heterocycles. The zero-order chi connectivity index (χ0) is 62.6. The fourth-order valence-corrected chi connectivity index (χ4v) is 8.74. The second-order valence-corrected chi connectivity index (χ2v) is 22.4. The molecular formula is C59H113N11O12. The minimum atomic E-state index is -1.14. The maximum atomic E-state index is 14.6. The molecule has 82 heavy (non-hydrogen) atoms. The van der Waals surface area contributed by atoms with Gasteiger partial charge in [-0.05, 0) is 121 Å². The number of aliphatic hydroxyl groups is 2. The van der Waals surface area contributed by atoms with Crippen LogP contribution in [-0.2, 0) is 47.9 Å². The quantitative estimate of drug-likeness (QED) is 0.0687. The average Bonchev–Trinajstić information content (AvgIpc) is 3.45. The molecule has 0 aromatic rings.